The first kappa shape index (κ1) is 14.6. The van der Waals surface area contributed by atoms with Gasteiger partial charge in [-0.05, 0) is 25.5 Å². The van der Waals surface area contributed by atoms with Gasteiger partial charge in [0.05, 0.1) is 36.3 Å². The minimum absolute atomic E-state index is 0.378. The van der Waals surface area contributed by atoms with Gasteiger partial charge in [0.1, 0.15) is 0 Å². The van der Waals surface area contributed by atoms with Crippen molar-refractivity contribution in [1.29, 1.82) is 0 Å². The molecule has 22 heavy (non-hydrogen) atoms. The van der Waals surface area contributed by atoms with Crippen molar-refractivity contribution in [2.75, 3.05) is 26.2 Å². The van der Waals surface area contributed by atoms with Crippen LogP contribution in [0.25, 0.3) is 0 Å². The highest BCUT2D eigenvalue weighted by molar-refractivity contribution is 6.11. The molecule has 5 heteroatoms. The second kappa shape index (κ2) is 4.35. The lowest BCUT2D eigenvalue weighted by Gasteiger charge is -2.55. The molecule has 116 valence electrons. The van der Waals surface area contributed by atoms with Gasteiger partial charge in [-0.2, -0.15) is 0 Å². The molecule has 0 bridgehead atoms. The number of anilines is 1. The minimum atomic E-state index is -0.632. The molecular weight excluding hydrogens is 282 g/mol. The zero-order chi connectivity index (χ0) is 16.3. The summed E-state index contributed by atoms with van der Waals surface area (Å²) in [5.74, 6) is -0.967. The maximum Gasteiger partial charge on any atom is 0.336 e. The van der Waals surface area contributed by atoms with Crippen molar-refractivity contribution in [2.45, 2.75) is 24.8 Å². The van der Waals surface area contributed by atoms with Gasteiger partial charge in [0.15, 0.2) is 0 Å². The molecule has 0 fully saturated rings. The molecule has 0 spiro atoms. The molecule has 3 rings (SSSR count). The number of nitrogens with zero attached hydrogens (tertiary/aromatic N) is 1. The Labute approximate surface area is 129 Å². The SMILES string of the molecule is COC(=O)C1=C(C(=O)OC)[C@]2(C)N(C)c3ccccc3[C@]12C. The van der Waals surface area contributed by atoms with Crippen LogP contribution in [0.15, 0.2) is 35.4 Å². The van der Waals surface area contributed by atoms with E-state index in [9.17, 15) is 9.59 Å². The number of benzene rings is 1. The lowest BCUT2D eigenvalue weighted by atomic mass is 9.51. The van der Waals surface area contributed by atoms with Gasteiger partial charge >= 0.3 is 11.9 Å². The average molecular weight is 301 g/mol. The molecule has 1 aliphatic heterocycles. The van der Waals surface area contributed by atoms with Crippen LogP contribution < -0.4 is 4.90 Å². The molecule has 2 atom stereocenters. The summed E-state index contributed by atoms with van der Waals surface area (Å²) >= 11 is 0. The van der Waals surface area contributed by atoms with Crippen LogP contribution in [0.3, 0.4) is 0 Å². The molecule has 0 amide bonds. The van der Waals surface area contributed by atoms with Crippen molar-refractivity contribution in [1.82, 2.24) is 0 Å². The Morgan fingerprint density at radius 3 is 2.14 bits per heavy atom. The first-order chi connectivity index (χ1) is 10.4. The van der Waals surface area contributed by atoms with Gasteiger partial charge in [-0.3, -0.25) is 0 Å². The first-order valence-electron chi connectivity index (χ1n) is 7.10. The molecule has 0 unspecified atom stereocenters. The van der Waals surface area contributed by atoms with Crippen molar-refractivity contribution in [3.8, 4) is 0 Å². The van der Waals surface area contributed by atoms with E-state index in [1.54, 1.807) is 0 Å². The number of carbonyl (C=O) groups is 2. The second-order valence-electron chi connectivity index (χ2n) is 6.01. The number of rotatable bonds is 2. The Morgan fingerprint density at radius 2 is 1.55 bits per heavy atom. The quantitative estimate of drug-likeness (QED) is 0.780. The molecule has 0 saturated carbocycles. The van der Waals surface area contributed by atoms with E-state index in [1.807, 2.05) is 50.1 Å². The number of methoxy groups -OCH3 is 2. The molecular formula is C17H19NO4. The van der Waals surface area contributed by atoms with E-state index >= 15 is 0 Å². The maximum absolute atomic E-state index is 12.3. The second-order valence-corrected chi connectivity index (χ2v) is 6.01. The number of fused-ring (bicyclic) bond motifs is 3. The topological polar surface area (TPSA) is 55.8 Å². The van der Waals surface area contributed by atoms with Crippen molar-refractivity contribution >= 4 is 17.6 Å². The Balaban J connectivity index is 2.32. The third-order valence-corrected chi connectivity index (χ3v) is 5.46. The number of para-hydroxylation sites is 1. The maximum atomic E-state index is 12.3. The summed E-state index contributed by atoms with van der Waals surface area (Å²) in [6, 6.07) is 7.87. The van der Waals surface area contributed by atoms with Gasteiger partial charge < -0.3 is 14.4 Å². The number of hydrogen-bond acceptors (Lipinski definition) is 5. The Morgan fingerprint density at radius 1 is 1.00 bits per heavy atom. The number of hydrogen-bond donors (Lipinski definition) is 0. The molecule has 0 radical (unpaired) electrons. The van der Waals surface area contributed by atoms with Crippen molar-refractivity contribution in [3.63, 3.8) is 0 Å². The van der Waals surface area contributed by atoms with E-state index < -0.39 is 22.9 Å². The highest BCUT2D eigenvalue weighted by Crippen LogP contribution is 2.65. The van der Waals surface area contributed by atoms with Crippen molar-refractivity contribution < 1.29 is 19.1 Å². The number of ether oxygens (including phenoxy) is 2. The monoisotopic (exact) mass is 301 g/mol. The van der Waals surface area contributed by atoms with Crippen LogP contribution in [0.4, 0.5) is 5.69 Å². The molecule has 1 aromatic carbocycles. The Kier molecular flexibility index (Phi) is 2.89. The third-order valence-electron chi connectivity index (χ3n) is 5.46. The van der Waals surface area contributed by atoms with Crippen molar-refractivity contribution in [3.05, 3.63) is 41.0 Å². The van der Waals surface area contributed by atoms with Gasteiger partial charge in [-0.15, -0.1) is 0 Å². The Bertz CT molecular complexity index is 723. The zero-order valence-electron chi connectivity index (χ0n) is 13.4. The number of likely N-dealkylation sites (N-methyl/N-ethyl adjacent to an activating group) is 1. The van der Waals surface area contributed by atoms with Gasteiger partial charge in [-0.1, -0.05) is 18.2 Å². The number of carbonyl (C=O) groups excluding carboxylic acids is 2. The van der Waals surface area contributed by atoms with Gasteiger partial charge in [0.25, 0.3) is 0 Å². The van der Waals surface area contributed by atoms with E-state index in [2.05, 4.69) is 0 Å². The summed E-state index contributed by atoms with van der Waals surface area (Å²) < 4.78 is 9.84. The molecule has 0 aromatic heterocycles. The summed E-state index contributed by atoms with van der Waals surface area (Å²) in [6.07, 6.45) is 0. The van der Waals surface area contributed by atoms with E-state index in [0.717, 1.165) is 11.3 Å². The van der Waals surface area contributed by atoms with E-state index in [-0.39, 0.29) is 0 Å². The molecule has 1 aromatic rings. The summed E-state index contributed by atoms with van der Waals surface area (Å²) in [7, 11) is 4.58. The predicted octanol–water partition coefficient (Wildman–Crippen LogP) is 1.81. The molecule has 5 nitrogen and oxygen atoms in total. The van der Waals surface area contributed by atoms with E-state index in [4.69, 9.17) is 9.47 Å². The highest BCUT2D eigenvalue weighted by atomic mass is 16.5. The van der Waals surface area contributed by atoms with Gasteiger partial charge in [0, 0.05) is 12.7 Å². The van der Waals surface area contributed by atoms with Gasteiger partial charge in [-0.25, -0.2) is 9.59 Å². The van der Waals surface area contributed by atoms with Gasteiger partial charge in [0.2, 0.25) is 0 Å². The highest BCUT2D eigenvalue weighted by Gasteiger charge is 2.71. The normalized spacial score (nSPS) is 28.7. The van der Waals surface area contributed by atoms with Crippen LogP contribution in [-0.2, 0) is 24.5 Å². The number of esters is 2. The standard InChI is InChI=1S/C17H19NO4/c1-16-10-8-6-7-9-11(10)18(3)17(16,2)13(15(20)22-5)12(16)14(19)21-4/h6-9H,1-5H3/t16-,17+/m1/s1. The molecule has 1 aliphatic carbocycles. The summed E-state index contributed by atoms with van der Waals surface area (Å²) in [4.78, 5) is 26.7. The fourth-order valence-corrected chi connectivity index (χ4v) is 4.07. The molecule has 0 N–H and O–H groups in total. The van der Waals surface area contributed by atoms with Crippen LogP contribution >= 0.6 is 0 Å². The lowest BCUT2D eigenvalue weighted by molar-refractivity contribution is -0.142. The molecule has 1 heterocycles. The summed E-state index contributed by atoms with van der Waals surface area (Å²) in [5.41, 5.74) is 1.56. The van der Waals surface area contributed by atoms with Crippen LogP contribution in [0.1, 0.15) is 19.4 Å². The zero-order valence-corrected chi connectivity index (χ0v) is 13.4. The summed E-state index contributed by atoms with van der Waals surface area (Å²) in [5, 5.41) is 0. The average Bonchev–Trinajstić information content (AvgIpc) is 2.67. The van der Waals surface area contributed by atoms with Crippen molar-refractivity contribution in [2.24, 2.45) is 0 Å². The predicted molar refractivity (Wildman–Crippen MR) is 81.7 cm³/mol. The van der Waals surface area contributed by atoms with E-state index in [0.29, 0.717) is 11.1 Å². The van der Waals surface area contributed by atoms with Crippen LogP contribution in [0.2, 0.25) is 0 Å². The Hall–Kier alpha value is -2.30. The molecule has 2 aliphatic rings. The van der Waals surface area contributed by atoms with Crippen LogP contribution in [0.5, 0.6) is 0 Å². The first-order valence-corrected chi connectivity index (χ1v) is 7.10. The lowest BCUT2D eigenvalue weighted by Crippen LogP contribution is -2.66. The minimum Gasteiger partial charge on any atom is -0.466 e. The largest absolute Gasteiger partial charge is 0.466 e. The van der Waals surface area contributed by atoms with Crippen LogP contribution in [0, 0.1) is 0 Å². The van der Waals surface area contributed by atoms with Crippen LogP contribution in [-0.4, -0.2) is 38.7 Å². The molecule has 0 saturated heterocycles. The fraction of sp³-hybridized carbons (Fsp3) is 0.412. The van der Waals surface area contributed by atoms with E-state index in [1.165, 1.54) is 14.2 Å². The fourth-order valence-electron chi connectivity index (χ4n) is 4.07. The summed E-state index contributed by atoms with van der Waals surface area (Å²) in [6.45, 7) is 3.94. The third kappa shape index (κ3) is 1.30. The smallest absolute Gasteiger partial charge is 0.336 e.